The molecule has 0 radical (unpaired) electrons. The lowest BCUT2D eigenvalue weighted by molar-refractivity contribution is -0.0708. The SMILES string of the molecule is CCC1(C)CC(Nc2cccc(-c3cnco3)c2)CCO1. The van der Waals surface area contributed by atoms with E-state index in [9.17, 15) is 0 Å². The molecule has 4 nitrogen and oxygen atoms in total. The van der Waals surface area contributed by atoms with E-state index >= 15 is 0 Å². The third kappa shape index (κ3) is 3.27. The number of nitrogens with one attached hydrogen (secondary N) is 1. The van der Waals surface area contributed by atoms with Gasteiger partial charge in [0.25, 0.3) is 0 Å². The standard InChI is InChI=1S/C17H22N2O2/c1-3-17(2)10-15(7-8-21-17)19-14-6-4-5-13(9-14)16-11-18-12-20-16/h4-6,9,11-12,15,19H,3,7-8,10H2,1-2H3. The first-order chi connectivity index (χ1) is 10.2. The van der Waals surface area contributed by atoms with Crippen molar-refractivity contribution >= 4 is 5.69 Å². The van der Waals surface area contributed by atoms with Gasteiger partial charge in [-0.1, -0.05) is 19.1 Å². The number of oxazole rings is 1. The van der Waals surface area contributed by atoms with Crippen LogP contribution in [-0.2, 0) is 4.74 Å². The quantitative estimate of drug-likeness (QED) is 0.919. The van der Waals surface area contributed by atoms with Gasteiger partial charge < -0.3 is 14.5 Å². The second-order valence-electron chi connectivity index (χ2n) is 5.93. The molecule has 0 aliphatic carbocycles. The van der Waals surface area contributed by atoms with Crippen molar-refractivity contribution in [3.63, 3.8) is 0 Å². The highest BCUT2D eigenvalue weighted by atomic mass is 16.5. The second-order valence-corrected chi connectivity index (χ2v) is 5.93. The molecule has 1 aliphatic heterocycles. The number of anilines is 1. The van der Waals surface area contributed by atoms with E-state index in [-0.39, 0.29) is 5.60 Å². The van der Waals surface area contributed by atoms with Crippen molar-refractivity contribution in [1.29, 1.82) is 0 Å². The first-order valence-corrected chi connectivity index (χ1v) is 7.58. The van der Waals surface area contributed by atoms with Gasteiger partial charge in [-0.3, -0.25) is 0 Å². The summed E-state index contributed by atoms with van der Waals surface area (Å²) < 4.78 is 11.3. The summed E-state index contributed by atoms with van der Waals surface area (Å²) in [4.78, 5) is 3.97. The predicted octanol–water partition coefficient (Wildman–Crippen LogP) is 4.10. The number of hydrogen-bond acceptors (Lipinski definition) is 4. The first kappa shape index (κ1) is 14.1. The molecule has 4 heteroatoms. The first-order valence-electron chi connectivity index (χ1n) is 7.58. The fourth-order valence-electron chi connectivity index (χ4n) is 2.86. The van der Waals surface area contributed by atoms with Crippen molar-refractivity contribution in [3.05, 3.63) is 36.9 Å². The molecule has 2 aromatic rings. The van der Waals surface area contributed by atoms with Crippen LogP contribution >= 0.6 is 0 Å². The van der Waals surface area contributed by atoms with Crippen LogP contribution in [-0.4, -0.2) is 23.2 Å². The van der Waals surface area contributed by atoms with E-state index in [4.69, 9.17) is 9.15 Å². The monoisotopic (exact) mass is 286 g/mol. The van der Waals surface area contributed by atoms with Crippen LogP contribution in [0.4, 0.5) is 5.69 Å². The molecule has 0 bridgehead atoms. The fraction of sp³-hybridized carbons (Fsp3) is 0.471. The zero-order valence-electron chi connectivity index (χ0n) is 12.6. The van der Waals surface area contributed by atoms with Crippen LogP contribution < -0.4 is 5.32 Å². The van der Waals surface area contributed by atoms with Crippen LogP contribution in [0.15, 0.2) is 41.3 Å². The molecular formula is C17H22N2O2. The van der Waals surface area contributed by atoms with Gasteiger partial charge in [-0.05, 0) is 38.3 Å². The normalized spacial score (nSPS) is 25.7. The summed E-state index contributed by atoms with van der Waals surface area (Å²) >= 11 is 0. The molecule has 1 aromatic carbocycles. The van der Waals surface area contributed by atoms with E-state index in [2.05, 4.69) is 36.3 Å². The molecular weight excluding hydrogens is 264 g/mol. The molecule has 2 heterocycles. The van der Waals surface area contributed by atoms with Gasteiger partial charge >= 0.3 is 0 Å². The Hall–Kier alpha value is -1.81. The molecule has 1 fully saturated rings. The molecule has 1 aliphatic rings. The molecule has 3 rings (SSSR count). The average Bonchev–Trinajstić information content (AvgIpc) is 3.02. The summed E-state index contributed by atoms with van der Waals surface area (Å²) in [6, 6.07) is 8.73. The average molecular weight is 286 g/mol. The lowest BCUT2D eigenvalue weighted by atomic mass is 9.90. The van der Waals surface area contributed by atoms with Crippen LogP contribution in [0.25, 0.3) is 11.3 Å². The maximum Gasteiger partial charge on any atom is 0.181 e. The summed E-state index contributed by atoms with van der Waals surface area (Å²) in [6.07, 6.45) is 6.32. The van der Waals surface area contributed by atoms with Gasteiger partial charge in [0.1, 0.15) is 0 Å². The molecule has 0 amide bonds. The Morgan fingerprint density at radius 1 is 1.43 bits per heavy atom. The summed E-state index contributed by atoms with van der Waals surface area (Å²) in [6.45, 7) is 5.21. The highest BCUT2D eigenvalue weighted by Gasteiger charge is 2.31. The van der Waals surface area contributed by atoms with Crippen LogP contribution in [0.5, 0.6) is 0 Å². The van der Waals surface area contributed by atoms with Crippen LogP contribution in [0, 0.1) is 0 Å². The molecule has 0 saturated carbocycles. The number of ether oxygens (including phenoxy) is 1. The van der Waals surface area contributed by atoms with Gasteiger partial charge in [0, 0.05) is 23.9 Å². The van der Waals surface area contributed by atoms with Crippen molar-refractivity contribution in [3.8, 4) is 11.3 Å². The van der Waals surface area contributed by atoms with E-state index in [1.54, 1.807) is 6.20 Å². The minimum absolute atomic E-state index is 0.00153. The fourth-order valence-corrected chi connectivity index (χ4v) is 2.86. The second kappa shape index (κ2) is 5.90. The lowest BCUT2D eigenvalue weighted by Gasteiger charge is -2.38. The van der Waals surface area contributed by atoms with Gasteiger partial charge in [0.05, 0.1) is 11.8 Å². The van der Waals surface area contributed by atoms with Crippen molar-refractivity contribution in [2.75, 3.05) is 11.9 Å². The molecule has 0 spiro atoms. The molecule has 1 N–H and O–H groups in total. The van der Waals surface area contributed by atoms with Crippen LogP contribution in [0.2, 0.25) is 0 Å². The third-order valence-corrected chi connectivity index (χ3v) is 4.29. The Morgan fingerprint density at radius 3 is 3.10 bits per heavy atom. The van der Waals surface area contributed by atoms with Gasteiger partial charge in [0.15, 0.2) is 12.2 Å². The number of nitrogens with zero attached hydrogens (tertiary/aromatic N) is 1. The molecule has 2 unspecified atom stereocenters. The van der Waals surface area contributed by atoms with E-state index in [0.717, 1.165) is 42.9 Å². The van der Waals surface area contributed by atoms with Gasteiger partial charge in [-0.15, -0.1) is 0 Å². The Labute approximate surface area is 125 Å². The minimum atomic E-state index is -0.00153. The van der Waals surface area contributed by atoms with Crippen LogP contribution in [0.3, 0.4) is 0 Å². The largest absolute Gasteiger partial charge is 0.444 e. The van der Waals surface area contributed by atoms with E-state index < -0.39 is 0 Å². The zero-order valence-corrected chi connectivity index (χ0v) is 12.6. The lowest BCUT2D eigenvalue weighted by Crippen LogP contribution is -2.41. The summed E-state index contributed by atoms with van der Waals surface area (Å²) in [5.74, 6) is 0.795. The van der Waals surface area contributed by atoms with Gasteiger partial charge in [-0.25, -0.2) is 4.98 Å². The Balaban J connectivity index is 1.72. The summed E-state index contributed by atoms with van der Waals surface area (Å²) in [5, 5.41) is 3.63. The Bertz CT molecular complexity index is 582. The number of aromatic nitrogens is 1. The molecule has 1 aromatic heterocycles. The number of rotatable bonds is 4. The maximum atomic E-state index is 5.90. The van der Waals surface area contributed by atoms with Crippen molar-refractivity contribution in [2.45, 2.75) is 44.8 Å². The Morgan fingerprint density at radius 2 is 2.33 bits per heavy atom. The van der Waals surface area contributed by atoms with Gasteiger partial charge in [0.2, 0.25) is 0 Å². The zero-order chi connectivity index (χ0) is 14.7. The van der Waals surface area contributed by atoms with E-state index in [0.29, 0.717) is 6.04 Å². The smallest absolute Gasteiger partial charge is 0.181 e. The van der Waals surface area contributed by atoms with Crippen LogP contribution in [0.1, 0.15) is 33.1 Å². The van der Waals surface area contributed by atoms with Crippen molar-refractivity contribution in [2.24, 2.45) is 0 Å². The molecule has 1 saturated heterocycles. The molecule has 2 atom stereocenters. The Kier molecular flexibility index (Phi) is 3.97. The molecule has 21 heavy (non-hydrogen) atoms. The summed E-state index contributed by atoms with van der Waals surface area (Å²) in [7, 11) is 0. The predicted molar refractivity (Wildman–Crippen MR) is 83.2 cm³/mol. The van der Waals surface area contributed by atoms with Crippen molar-refractivity contribution in [1.82, 2.24) is 4.98 Å². The molecule has 112 valence electrons. The topological polar surface area (TPSA) is 47.3 Å². The van der Waals surface area contributed by atoms with E-state index in [1.165, 1.54) is 6.39 Å². The number of hydrogen-bond donors (Lipinski definition) is 1. The highest BCUT2D eigenvalue weighted by Crippen LogP contribution is 2.30. The number of benzene rings is 1. The summed E-state index contributed by atoms with van der Waals surface area (Å²) in [5.41, 5.74) is 2.16. The highest BCUT2D eigenvalue weighted by molar-refractivity contribution is 5.63. The van der Waals surface area contributed by atoms with Crippen molar-refractivity contribution < 1.29 is 9.15 Å². The minimum Gasteiger partial charge on any atom is -0.444 e. The third-order valence-electron chi connectivity index (χ3n) is 4.29. The maximum absolute atomic E-state index is 5.90. The van der Waals surface area contributed by atoms with Gasteiger partial charge in [-0.2, -0.15) is 0 Å². The van der Waals surface area contributed by atoms with E-state index in [1.807, 2.05) is 12.1 Å².